The molecule has 0 saturated carbocycles. The van der Waals surface area contributed by atoms with Crippen molar-refractivity contribution in [3.8, 4) is 0 Å². The van der Waals surface area contributed by atoms with Crippen LogP contribution < -0.4 is 16.0 Å². The molecule has 0 aromatic rings. The summed E-state index contributed by atoms with van der Waals surface area (Å²) in [4.78, 5) is 47.1. The maximum absolute atomic E-state index is 12.3. The number of hydrogen-bond acceptors (Lipinski definition) is 6. The van der Waals surface area contributed by atoms with Gasteiger partial charge >= 0.3 is 5.97 Å². The fourth-order valence-corrected chi connectivity index (χ4v) is 2.77. The number of carboxylic acids is 1. The largest absolute Gasteiger partial charge is 0.480 e. The van der Waals surface area contributed by atoms with Crippen LogP contribution in [0.3, 0.4) is 0 Å². The molecule has 0 radical (unpaired) electrons. The molecule has 0 fully saturated rings. The van der Waals surface area contributed by atoms with Crippen LogP contribution in [-0.2, 0) is 29.3 Å². The maximum Gasteiger partial charge on any atom is 0.324 e. The van der Waals surface area contributed by atoms with Gasteiger partial charge in [-0.2, -0.15) is 8.42 Å². The van der Waals surface area contributed by atoms with Crippen molar-refractivity contribution < 1.29 is 37.3 Å². The highest BCUT2D eigenvalue weighted by Gasteiger charge is 2.31. The van der Waals surface area contributed by atoms with Gasteiger partial charge in [0.15, 0.2) is 5.25 Å². The van der Waals surface area contributed by atoms with E-state index in [1.807, 2.05) is 0 Å². The topological polar surface area (TPSA) is 179 Å². The first-order valence-electron chi connectivity index (χ1n) is 8.76. The highest BCUT2D eigenvalue weighted by atomic mass is 32.2. The van der Waals surface area contributed by atoms with Gasteiger partial charge in [-0.25, -0.2) is 0 Å². The number of aliphatic carboxylic acids is 1. The lowest BCUT2D eigenvalue weighted by Gasteiger charge is -2.24. The summed E-state index contributed by atoms with van der Waals surface area (Å²) in [6.45, 7) is 7.80. The zero-order valence-corrected chi connectivity index (χ0v) is 17.4. The molecule has 3 atom stereocenters. The number of nitrogens with one attached hydrogen (secondary N) is 3. The highest BCUT2D eigenvalue weighted by molar-refractivity contribution is 7.87. The van der Waals surface area contributed by atoms with Gasteiger partial charge in [-0.3, -0.25) is 23.7 Å². The van der Waals surface area contributed by atoms with E-state index in [9.17, 15) is 27.6 Å². The quantitative estimate of drug-likeness (QED) is 0.266. The lowest BCUT2D eigenvalue weighted by atomic mass is 10.0. The van der Waals surface area contributed by atoms with Crippen molar-refractivity contribution in [1.29, 1.82) is 0 Å². The zero-order chi connectivity index (χ0) is 22.2. The Morgan fingerprint density at radius 3 is 1.82 bits per heavy atom. The van der Waals surface area contributed by atoms with Gasteiger partial charge in [0, 0.05) is 12.5 Å². The molecule has 2 unspecified atom stereocenters. The molecule has 0 aromatic carbocycles. The molecule has 3 amide bonds. The van der Waals surface area contributed by atoms with Crippen molar-refractivity contribution in [3.63, 3.8) is 0 Å². The van der Waals surface area contributed by atoms with Crippen molar-refractivity contribution in [2.24, 2.45) is 11.8 Å². The van der Waals surface area contributed by atoms with Crippen molar-refractivity contribution in [1.82, 2.24) is 16.0 Å². The highest BCUT2D eigenvalue weighted by Crippen LogP contribution is 2.06. The molecule has 162 valence electrons. The van der Waals surface area contributed by atoms with E-state index in [0.717, 1.165) is 0 Å². The van der Waals surface area contributed by atoms with E-state index in [1.54, 1.807) is 27.7 Å². The predicted molar refractivity (Wildman–Crippen MR) is 99.8 cm³/mol. The maximum atomic E-state index is 12.3. The molecule has 0 aliphatic carbocycles. The number of rotatable bonds is 11. The minimum absolute atomic E-state index is 0.315. The first kappa shape index (κ1) is 25.8. The van der Waals surface area contributed by atoms with Crippen LogP contribution in [0.5, 0.6) is 0 Å². The molecule has 0 bridgehead atoms. The lowest BCUT2D eigenvalue weighted by molar-refractivity contribution is -0.137. The van der Waals surface area contributed by atoms with Gasteiger partial charge in [0.05, 0.1) is 0 Å². The van der Waals surface area contributed by atoms with Crippen molar-refractivity contribution in [2.75, 3.05) is 6.54 Å². The Labute approximate surface area is 164 Å². The molecule has 0 saturated heterocycles. The Morgan fingerprint density at radius 1 is 0.893 bits per heavy atom. The molecule has 0 heterocycles. The number of carbonyl (C=O) groups excluding carboxylic acids is 3. The SMILES string of the molecule is CC(C)C(=O)N[C@H](C)C(=O)NC(C(=O)NCCC(C(=O)O)S(=O)(=O)O)C(C)C. The predicted octanol–water partition coefficient (Wildman–Crippen LogP) is -0.865. The average Bonchev–Trinajstić information content (AvgIpc) is 2.53. The van der Waals surface area contributed by atoms with Crippen LogP contribution in [0, 0.1) is 11.8 Å². The van der Waals surface area contributed by atoms with Gasteiger partial charge in [-0.1, -0.05) is 27.7 Å². The molecule has 0 aliphatic heterocycles. The van der Waals surface area contributed by atoms with Crippen molar-refractivity contribution in [3.05, 3.63) is 0 Å². The minimum atomic E-state index is -4.81. The number of carboxylic acid groups (broad SMARTS) is 1. The van der Waals surface area contributed by atoms with Gasteiger partial charge in [0.2, 0.25) is 17.7 Å². The molecule has 0 rings (SSSR count). The molecule has 28 heavy (non-hydrogen) atoms. The summed E-state index contributed by atoms with van der Waals surface area (Å²) in [7, 11) is -4.81. The fraction of sp³-hybridized carbons (Fsp3) is 0.750. The summed E-state index contributed by atoms with van der Waals surface area (Å²) in [5, 5.41) is 14.1. The van der Waals surface area contributed by atoms with Gasteiger partial charge < -0.3 is 21.1 Å². The second kappa shape index (κ2) is 11.0. The van der Waals surface area contributed by atoms with Crippen molar-refractivity contribution in [2.45, 2.75) is 58.4 Å². The molecule has 0 aliphatic rings. The third-order valence-corrected chi connectivity index (χ3v) is 5.02. The molecule has 0 aromatic heterocycles. The Morgan fingerprint density at radius 2 is 1.43 bits per heavy atom. The van der Waals surface area contributed by atoms with Gasteiger partial charge in [0.1, 0.15) is 12.1 Å². The Bertz CT molecular complexity index is 690. The Hall–Kier alpha value is -2.21. The van der Waals surface area contributed by atoms with Crippen LogP contribution in [0.2, 0.25) is 0 Å². The normalized spacial score (nSPS) is 14.9. The summed E-state index contributed by atoms with van der Waals surface area (Å²) in [6, 6.07) is -1.86. The average molecular weight is 423 g/mol. The fourth-order valence-electron chi connectivity index (χ4n) is 2.10. The monoisotopic (exact) mass is 423 g/mol. The molecule has 5 N–H and O–H groups in total. The van der Waals surface area contributed by atoms with Crippen LogP contribution in [0.15, 0.2) is 0 Å². The van der Waals surface area contributed by atoms with E-state index < -0.39 is 51.7 Å². The van der Waals surface area contributed by atoms with Crippen LogP contribution in [0.1, 0.15) is 41.0 Å². The summed E-state index contributed by atoms with van der Waals surface area (Å²) in [5.41, 5.74) is 0. The number of carbonyl (C=O) groups is 4. The van der Waals surface area contributed by atoms with Crippen LogP contribution in [-0.4, -0.2) is 65.6 Å². The van der Waals surface area contributed by atoms with Gasteiger partial charge in [-0.15, -0.1) is 0 Å². The second-order valence-corrected chi connectivity index (χ2v) is 8.64. The minimum Gasteiger partial charge on any atom is -0.480 e. The standard InChI is InChI=1S/C16H29N3O8S/c1-8(2)12(19-14(21)10(5)18-13(20)9(3)4)15(22)17-7-6-11(16(23)24)28(25,26)27/h8-12H,6-7H2,1-5H3,(H,17,22)(H,18,20)(H,19,21)(H,23,24)(H,25,26,27)/t10-,11?,12?/m1/s1. The number of hydrogen-bond donors (Lipinski definition) is 5. The Kier molecular flexibility index (Phi) is 10.1. The summed E-state index contributed by atoms with van der Waals surface area (Å²) in [5.74, 6) is -3.94. The van der Waals surface area contributed by atoms with E-state index in [1.165, 1.54) is 6.92 Å². The molecule has 0 spiro atoms. The van der Waals surface area contributed by atoms with E-state index >= 15 is 0 Å². The first-order valence-corrected chi connectivity index (χ1v) is 10.3. The van der Waals surface area contributed by atoms with Crippen LogP contribution >= 0.6 is 0 Å². The molecule has 11 nitrogen and oxygen atoms in total. The third kappa shape index (κ3) is 8.65. The number of amides is 3. The second-order valence-electron chi connectivity index (χ2n) is 7.04. The Balaban J connectivity index is 4.87. The first-order chi connectivity index (χ1) is 12.7. The molecular formula is C16H29N3O8S. The van der Waals surface area contributed by atoms with E-state index in [-0.39, 0.29) is 24.3 Å². The third-order valence-electron chi connectivity index (χ3n) is 3.86. The van der Waals surface area contributed by atoms with Gasteiger partial charge in [-0.05, 0) is 19.3 Å². The van der Waals surface area contributed by atoms with Crippen LogP contribution in [0.25, 0.3) is 0 Å². The summed E-state index contributed by atoms with van der Waals surface area (Å²) < 4.78 is 30.9. The van der Waals surface area contributed by atoms with E-state index in [0.29, 0.717) is 0 Å². The summed E-state index contributed by atoms with van der Waals surface area (Å²) >= 11 is 0. The summed E-state index contributed by atoms with van der Waals surface area (Å²) in [6.07, 6.45) is -0.542. The molecular weight excluding hydrogens is 394 g/mol. The van der Waals surface area contributed by atoms with Gasteiger partial charge in [0.25, 0.3) is 10.1 Å². The molecule has 12 heteroatoms. The van der Waals surface area contributed by atoms with Crippen LogP contribution in [0.4, 0.5) is 0 Å². The van der Waals surface area contributed by atoms with Crippen molar-refractivity contribution >= 4 is 33.8 Å². The lowest BCUT2D eigenvalue weighted by Crippen LogP contribution is -2.55. The van der Waals surface area contributed by atoms with E-state index in [2.05, 4.69) is 16.0 Å². The smallest absolute Gasteiger partial charge is 0.324 e. The van der Waals surface area contributed by atoms with E-state index in [4.69, 9.17) is 9.66 Å². The zero-order valence-electron chi connectivity index (χ0n) is 16.6.